The van der Waals surface area contributed by atoms with Gasteiger partial charge in [-0.3, -0.25) is 0 Å². The third-order valence-electron chi connectivity index (χ3n) is 3.34. The molecule has 0 nitrogen and oxygen atoms in total. The zero-order valence-corrected chi connectivity index (χ0v) is 23.8. The van der Waals surface area contributed by atoms with Crippen LogP contribution in [0.15, 0.2) is 97.1 Å². The van der Waals surface area contributed by atoms with Gasteiger partial charge in [-0.15, -0.1) is 24.8 Å². The van der Waals surface area contributed by atoms with Gasteiger partial charge in [-0.25, -0.2) is 23.3 Å². The van der Waals surface area contributed by atoms with Crippen molar-refractivity contribution >= 4 is 31.7 Å². The first-order chi connectivity index (χ1) is 13.6. The van der Waals surface area contributed by atoms with E-state index in [0.717, 1.165) is 0 Å². The zero-order chi connectivity index (χ0) is 21.0. The largest absolute Gasteiger partial charge is 0.184 e. The summed E-state index contributed by atoms with van der Waals surface area (Å²) in [4.78, 5) is 0. The van der Waals surface area contributed by atoms with E-state index in [2.05, 4.69) is 76.2 Å². The summed E-state index contributed by atoms with van der Waals surface area (Å²) in [6.07, 6.45) is 0. The fourth-order valence-electron chi connectivity index (χ4n) is 2.12. The van der Waals surface area contributed by atoms with Crippen molar-refractivity contribution in [2.45, 2.75) is 27.7 Å². The molecule has 0 aliphatic carbocycles. The van der Waals surface area contributed by atoms with Gasteiger partial charge >= 0.3 is 30.2 Å². The van der Waals surface area contributed by atoms with Crippen molar-refractivity contribution in [2.24, 2.45) is 0 Å². The maximum atomic E-state index is 2.89. The summed E-state index contributed by atoms with van der Waals surface area (Å²) in [5.74, 6) is 0. The molecule has 0 saturated carbocycles. The Bertz CT molecular complexity index is 655. The second kappa shape index (κ2) is 24.1. The fourth-order valence-corrected chi connectivity index (χ4v) is 2.12. The monoisotopic (exact) mass is 532 g/mol. The number of aryl methyl sites for hydroxylation is 4. The molecule has 4 rings (SSSR count). The van der Waals surface area contributed by atoms with Gasteiger partial charge in [-0.05, 0) is 0 Å². The number of benzene rings is 2. The summed E-state index contributed by atoms with van der Waals surface area (Å²) in [6.45, 7) is 10.4. The van der Waals surface area contributed by atoms with Gasteiger partial charge in [0.05, 0.1) is 0 Å². The molecule has 0 amide bonds. The average molecular weight is 535 g/mol. The van der Waals surface area contributed by atoms with Crippen molar-refractivity contribution in [3.05, 3.63) is 131 Å². The first-order valence-electron chi connectivity index (χ1n) is 9.15. The Morgan fingerprint density at radius 3 is 0.967 bits per heavy atom. The molecule has 0 aliphatic heterocycles. The minimum Gasteiger partial charge on any atom is -0.184 e. The molecular weight excluding hydrogens is 503 g/mol. The van der Waals surface area contributed by atoms with Crippen LogP contribution in [0.1, 0.15) is 22.3 Å². The van der Waals surface area contributed by atoms with Crippen LogP contribution in [0.5, 0.6) is 0 Å². The molecule has 0 saturated heterocycles. The van der Waals surface area contributed by atoms with Crippen LogP contribution in [0, 0.1) is 39.8 Å². The topological polar surface area (TPSA) is 0 Å². The van der Waals surface area contributed by atoms with Crippen molar-refractivity contribution < 1.29 is 23.3 Å². The van der Waals surface area contributed by atoms with Gasteiger partial charge in [-0.2, -0.15) is 108 Å². The van der Waals surface area contributed by atoms with E-state index in [-0.39, 0.29) is 24.8 Å². The van der Waals surface area contributed by atoms with Crippen LogP contribution in [-0.4, -0.2) is 6.88 Å². The molecule has 0 heterocycles. The molecule has 0 bridgehead atoms. The number of halogens is 2. The fraction of sp³-hybridized carbons (Fsp3) is 0.154. The van der Waals surface area contributed by atoms with Crippen molar-refractivity contribution in [1.29, 1.82) is 0 Å². The minimum absolute atomic E-state index is 0. The third-order valence-corrected chi connectivity index (χ3v) is 3.34. The van der Waals surface area contributed by atoms with Crippen molar-refractivity contribution in [3.63, 3.8) is 0 Å². The molecular formula is C26H32Cl2SiZr-4. The summed E-state index contributed by atoms with van der Waals surface area (Å²) in [7, 11) is 0. The van der Waals surface area contributed by atoms with Gasteiger partial charge in [0, 0.05) is 0 Å². The van der Waals surface area contributed by atoms with E-state index in [9.17, 15) is 0 Å². The molecule has 0 aliphatic rings. The summed E-state index contributed by atoms with van der Waals surface area (Å²) in [5, 5.41) is 0. The third kappa shape index (κ3) is 21.5. The van der Waals surface area contributed by atoms with E-state index in [1.54, 1.807) is 23.3 Å². The van der Waals surface area contributed by atoms with Crippen molar-refractivity contribution in [1.82, 2.24) is 0 Å². The van der Waals surface area contributed by atoms with Gasteiger partial charge < -0.3 is 0 Å². The first kappa shape index (κ1) is 33.5. The molecule has 0 spiro atoms. The molecule has 4 heteroatoms. The van der Waals surface area contributed by atoms with Crippen LogP contribution < -0.4 is 0 Å². The SMILES string of the molecule is Cc1c[cH-]c(C)c1.Cc1c[cH-]c(C)c1.Cl.Cl.[SiH2]=[Zr].[c-]1ccccc1.[c-]1ccccc1. The van der Waals surface area contributed by atoms with Crippen molar-refractivity contribution in [2.75, 3.05) is 0 Å². The number of hydrogen-bond acceptors (Lipinski definition) is 0. The molecule has 0 N–H and O–H groups in total. The van der Waals surface area contributed by atoms with Gasteiger partial charge in [0.2, 0.25) is 0 Å². The van der Waals surface area contributed by atoms with Gasteiger partial charge in [0.15, 0.2) is 0 Å². The predicted molar refractivity (Wildman–Crippen MR) is 137 cm³/mol. The van der Waals surface area contributed by atoms with E-state index >= 15 is 0 Å². The Labute approximate surface area is 212 Å². The van der Waals surface area contributed by atoms with Crippen LogP contribution in [0.2, 0.25) is 0 Å². The Hall–Kier alpha value is -1.18. The van der Waals surface area contributed by atoms with Gasteiger partial charge in [0.1, 0.15) is 0 Å². The molecule has 4 aromatic carbocycles. The summed E-state index contributed by atoms with van der Waals surface area (Å²) in [5.41, 5.74) is 5.44. The van der Waals surface area contributed by atoms with E-state index < -0.39 is 0 Å². The van der Waals surface area contributed by atoms with Crippen LogP contribution in [0.3, 0.4) is 0 Å². The Morgan fingerprint density at radius 2 is 0.900 bits per heavy atom. The molecule has 4 aromatic rings. The molecule has 30 heavy (non-hydrogen) atoms. The van der Waals surface area contributed by atoms with Crippen LogP contribution in [0.25, 0.3) is 0 Å². The smallest absolute Gasteiger partial charge is 0.171 e. The van der Waals surface area contributed by atoms with E-state index in [1.807, 2.05) is 67.5 Å². The van der Waals surface area contributed by atoms with Crippen molar-refractivity contribution in [3.8, 4) is 0 Å². The first-order valence-corrected chi connectivity index (χ1v) is 15.1. The number of hydrogen-bond donors (Lipinski definition) is 0. The maximum Gasteiger partial charge on any atom is -0.171 e. The van der Waals surface area contributed by atoms with Gasteiger partial charge in [-0.1, -0.05) is 27.7 Å². The molecule has 0 radical (unpaired) electrons. The summed E-state index contributed by atoms with van der Waals surface area (Å²) in [6, 6.07) is 37.8. The standard InChI is InChI=1S/2C7H9.2C6H5.2ClH.H2Si.Zr/c2*1-6-3-4-7(2)5-6;2*1-2-4-6-5-3-1;;;;/h2*3-5H,1-2H3;2*1-5H;2*1H;1H2;/q4*-1;;;;. The quantitative estimate of drug-likeness (QED) is 0.169. The predicted octanol–water partition coefficient (Wildman–Crippen LogP) is 6.94. The number of rotatable bonds is 0. The second-order valence-electron chi connectivity index (χ2n) is 6.09. The van der Waals surface area contributed by atoms with Crippen LogP contribution in [0.4, 0.5) is 0 Å². The Balaban J connectivity index is -0.000000309. The molecule has 0 fully saturated rings. The molecule has 0 aromatic heterocycles. The Kier molecular flexibility index (Phi) is 26.9. The maximum absolute atomic E-state index is 2.89. The summed E-state index contributed by atoms with van der Waals surface area (Å²) < 4.78 is 0. The summed E-state index contributed by atoms with van der Waals surface area (Å²) >= 11 is 1.58. The normalized spacial score (nSPS) is 7.70. The Morgan fingerprint density at radius 1 is 0.600 bits per heavy atom. The molecule has 0 atom stereocenters. The van der Waals surface area contributed by atoms with Crippen LogP contribution >= 0.6 is 24.8 Å². The minimum atomic E-state index is 0. The molecule has 0 unspecified atom stereocenters. The average Bonchev–Trinajstić information content (AvgIpc) is 3.33. The molecule has 162 valence electrons. The van der Waals surface area contributed by atoms with E-state index in [1.165, 1.54) is 22.3 Å². The van der Waals surface area contributed by atoms with E-state index in [0.29, 0.717) is 0 Å². The van der Waals surface area contributed by atoms with E-state index in [4.69, 9.17) is 0 Å². The van der Waals surface area contributed by atoms with Crippen LogP contribution in [-0.2, 0) is 23.3 Å². The second-order valence-corrected chi connectivity index (χ2v) is 6.09. The zero-order valence-electron chi connectivity index (χ0n) is 18.3. The van der Waals surface area contributed by atoms with Gasteiger partial charge in [0.25, 0.3) is 0 Å².